The molecule has 0 spiro atoms. The van der Waals surface area contributed by atoms with Crippen LogP contribution in [-0.2, 0) is 6.42 Å². The Labute approximate surface area is 179 Å². The highest BCUT2D eigenvalue weighted by Gasteiger charge is 2.18. The maximum absolute atomic E-state index is 4.77. The number of piperazine rings is 1. The van der Waals surface area contributed by atoms with Crippen LogP contribution in [0.2, 0.25) is 0 Å². The molecule has 3 aromatic rings. The Bertz CT molecular complexity index is 962. The van der Waals surface area contributed by atoms with E-state index in [1.807, 2.05) is 18.3 Å². The number of para-hydroxylation sites is 1. The Balaban J connectivity index is 1.32. The first-order chi connectivity index (χ1) is 14.8. The maximum Gasteiger partial charge on any atom is 0.227 e. The number of hydrogen-bond acceptors (Lipinski definition) is 5. The first-order valence-electron chi connectivity index (χ1n) is 10.7. The van der Waals surface area contributed by atoms with E-state index < -0.39 is 0 Å². The van der Waals surface area contributed by atoms with E-state index in [0.717, 1.165) is 56.6 Å². The SMILES string of the molecule is CCc1ccccc1Nc1ccnc(N2CCN(C/C=C/c3ccccc3)CC2)n1. The lowest BCUT2D eigenvalue weighted by atomic mass is 10.1. The average Bonchev–Trinajstić information content (AvgIpc) is 2.81. The van der Waals surface area contributed by atoms with Crippen LogP contribution in [0.4, 0.5) is 17.5 Å². The van der Waals surface area contributed by atoms with Crippen LogP contribution >= 0.6 is 0 Å². The highest BCUT2D eigenvalue weighted by atomic mass is 15.3. The molecule has 1 aliphatic rings. The first kappa shape index (κ1) is 20.1. The van der Waals surface area contributed by atoms with Gasteiger partial charge >= 0.3 is 0 Å². The standard InChI is InChI=1S/C25H29N5/c1-2-22-12-6-7-13-23(22)27-24-14-15-26-25(28-24)30-19-17-29(18-20-30)16-8-11-21-9-4-3-5-10-21/h3-15H,2,16-20H2,1H3,(H,26,27,28)/b11-8+. The minimum atomic E-state index is 0.799. The van der Waals surface area contributed by atoms with Crippen molar-refractivity contribution in [2.24, 2.45) is 0 Å². The van der Waals surface area contributed by atoms with Crippen molar-refractivity contribution in [2.75, 3.05) is 42.9 Å². The fourth-order valence-electron chi connectivity index (χ4n) is 3.69. The molecule has 0 aliphatic carbocycles. The van der Waals surface area contributed by atoms with Gasteiger partial charge in [0.1, 0.15) is 5.82 Å². The fraction of sp³-hybridized carbons (Fsp3) is 0.280. The molecule has 0 amide bonds. The first-order valence-corrected chi connectivity index (χ1v) is 10.7. The summed E-state index contributed by atoms with van der Waals surface area (Å²) in [6.45, 7) is 7.04. The zero-order valence-electron chi connectivity index (χ0n) is 17.5. The summed E-state index contributed by atoms with van der Waals surface area (Å²) >= 11 is 0. The Morgan fingerprint density at radius 1 is 0.933 bits per heavy atom. The molecule has 2 aromatic carbocycles. The lowest BCUT2D eigenvalue weighted by Crippen LogP contribution is -2.46. The molecule has 2 heterocycles. The molecule has 154 valence electrons. The van der Waals surface area contributed by atoms with Gasteiger partial charge in [0, 0.05) is 44.6 Å². The zero-order chi connectivity index (χ0) is 20.6. The maximum atomic E-state index is 4.77. The van der Waals surface area contributed by atoms with Crippen molar-refractivity contribution >= 4 is 23.5 Å². The van der Waals surface area contributed by atoms with Crippen molar-refractivity contribution in [3.8, 4) is 0 Å². The molecule has 1 fully saturated rings. The van der Waals surface area contributed by atoms with Crippen LogP contribution in [0.3, 0.4) is 0 Å². The van der Waals surface area contributed by atoms with Gasteiger partial charge in [0.15, 0.2) is 0 Å². The van der Waals surface area contributed by atoms with Crippen molar-refractivity contribution < 1.29 is 0 Å². The Morgan fingerprint density at radius 3 is 2.50 bits per heavy atom. The van der Waals surface area contributed by atoms with Crippen LogP contribution in [0.1, 0.15) is 18.1 Å². The fourth-order valence-corrected chi connectivity index (χ4v) is 3.69. The summed E-state index contributed by atoms with van der Waals surface area (Å²) in [6, 6.07) is 20.8. The van der Waals surface area contributed by atoms with Crippen molar-refractivity contribution in [3.05, 3.63) is 84.1 Å². The van der Waals surface area contributed by atoms with Crippen molar-refractivity contribution in [1.29, 1.82) is 0 Å². The van der Waals surface area contributed by atoms with E-state index in [-0.39, 0.29) is 0 Å². The third-order valence-electron chi connectivity index (χ3n) is 5.43. The Morgan fingerprint density at radius 2 is 1.70 bits per heavy atom. The highest BCUT2D eigenvalue weighted by molar-refractivity contribution is 5.61. The van der Waals surface area contributed by atoms with E-state index >= 15 is 0 Å². The minimum Gasteiger partial charge on any atom is -0.340 e. The lowest BCUT2D eigenvalue weighted by molar-refractivity contribution is 0.283. The number of anilines is 3. The predicted molar refractivity (Wildman–Crippen MR) is 125 cm³/mol. The van der Waals surface area contributed by atoms with Gasteiger partial charge in [0.25, 0.3) is 0 Å². The Hall–Kier alpha value is -3.18. The molecule has 0 unspecified atom stereocenters. The molecule has 1 saturated heterocycles. The summed E-state index contributed by atoms with van der Waals surface area (Å²) in [4.78, 5) is 14.0. The van der Waals surface area contributed by atoms with Crippen LogP contribution in [0, 0.1) is 0 Å². The van der Waals surface area contributed by atoms with Gasteiger partial charge in [0.2, 0.25) is 5.95 Å². The van der Waals surface area contributed by atoms with Crippen LogP contribution in [0.25, 0.3) is 6.08 Å². The Kier molecular flexibility index (Phi) is 6.72. The van der Waals surface area contributed by atoms with Gasteiger partial charge in [-0.15, -0.1) is 0 Å². The minimum absolute atomic E-state index is 0.799. The third-order valence-corrected chi connectivity index (χ3v) is 5.43. The molecule has 0 saturated carbocycles. The van der Waals surface area contributed by atoms with Crippen LogP contribution in [0.5, 0.6) is 0 Å². The van der Waals surface area contributed by atoms with Gasteiger partial charge in [0.05, 0.1) is 0 Å². The quantitative estimate of drug-likeness (QED) is 0.628. The molecular weight excluding hydrogens is 370 g/mol. The highest BCUT2D eigenvalue weighted by Crippen LogP contribution is 2.21. The molecule has 0 bridgehead atoms. The zero-order valence-corrected chi connectivity index (χ0v) is 17.5. The molecule has 5 nitrogen and oxygen atoms in total. The molecule has 0 atom stereocenters. The van der Waals surface area contributed by atoms with Gasteiger partial charge in [-0.05, 0) is 29.7 Å². The number of benzene rings is 2. The molecule has 30 heavy (non-hydrogen) atoms. The normalized spacial score (nSPS) is 14.9. The second-order valence-electron chi connectivity index (χ2n) is 7.48. The molecular formula is C25H29N5. The van der Waals surface area contributed by atoms with Crippen molar-refractivity contribution in [3.63, 3.8) is 0 Å². The third kappa shape index (κ3) is 5.24. The number of rotatable bonds is 7. The largest absolute Gasteiger partial charge is 0.340 e. The van der Waals surface area contributed by atoms with E-state index in [1.54, 1.807) is 0 Å². The molecule has 1 aliphatic heterocycles. The lowest BCUT2D eigenvalue weighted by Gasteiger charge is -2.34. The number of aryl methyl sites for hydroxylation is 1. The number of nitrogens with zero attached hydrogens (tertiary/aromatic N) is 4. The smallest absolute Gasteiger partial charge is 0.227 e. The molecule has 5 heteroatoms. The van der Waals surface area contributed by atoms with Gasteiger partial charge < -0.3 is 10.2 Å². The number of hydrogen-bond donors (Lipinski definition) is 1. The van der Waals surface area contributed by atoms with Crippen LogP contribution in [-0.4, -0.2) is 47.6 Å². The predicted octanol–water partition coefficient (Wildman–Crippen LogP) is 4.62. The van der Waals surface area contributed by atoms with Crippen molar-refractivity contribution in [2.45, 2.75) is 13.3 Å². The summed E-state index contributed by atoms with van der Waals surface area (Å²) in [7, 11) is 0. The monoisotopic (exact) mass is 399 g/mol. The van der Waals surface area contributed by atoms with Crippen LogP contribution in [0.15, 0.2) is 72.9 Å². The van der Waals surface area contributed by atoms with Crippen molar-refractivity contribution in [1.82, 2.24) is 14.9 Å². The second-order valence-corrected chi connectivity index (χ2v) is 7.48. The van der Waals surface area contributed by atoms with E-state index in [4.69, 9.17) is 4.98 Å². The van der Waals surface area contributed by atoms with Gasteiger partial charge in [-0.2, -0.15) is 4.98 Å². The summed E-state index contributed by atoms with van der Waals surface area (Å²) in [5, 5.41) is 3.46. The topological polar surface area (TPSA) is 44.3 Å². The second kappa shape index (κ2) is 10.0. The van der Waals surface area contributed by atoms with E-state index in [0.29, 0.717) is 0 Å². The van der Waals surface area contributed by atoms with Gasteiger partial charge in [-0.3, -0.25) is 4.90 Å². The summed E-state index contributed by atoms with van der Waals surface area (Å²) in [5.41, 5.74) is 3.65. The molecule has 1 aromatic heterocycles. The number of aromatic nitrogens is 2. The van der Waals surface area contributed by atoms with E-state index in [1.165, 1.54) is 11.1 Å². The average molecular weight is 400 g/mol. The van der Waals surface area contributed by atoms with Crippen LogP contribution < -0.4 is 10.2 Å². The summed E-state index contributed by atoms with van der Waals surface area (Å²) in [6.07, 6.45) is 7.27. The van der Waals surface area contributed by atoms with E-state index in [2.05, 4.69) is 87.7 Å². The molecule has 0 radical (unpaired) electrons. The van der Waals surface area contributed by atoms with Gasteiger partial charge in [-0.25, -0.2) is 4.98 Å². The molecule has 1 N–H and O–H groups in total. The number of nitrogens with one attached hydrogen (secondary N) is 1. The summed E-state index contributed by atoms with van der Waals surface area (Å²) < 4.78 is 0. The molecule has 4 rings (SSSR count). The summed E-state index contributed by atoms with van der Waals surface area (Å²) in [5.74, 6) is 1.64. The van der Waals surface area contributed by atoms with Gasteiger partial charge in [-0.1, -0.05) is 67.6 Å². The van der Waals surface area contributed by atoms with E-state index in [9.17, 15) is 0 Å².